The molecular formula is C13H17N5O2. The van der Waals surface area contributed by atoms with E-state index in [1.807, 2.05) is 35.7 Å². The van der Waals surface area contributed by atoms with Crippen LogP contribution in [0.5, 0.6) is 0 Å². The number of carbonyl (C=O) groups is 1. The predicted molar refractivity (Wildman–Crippen MR) is 71.9 cm³/mol. The lowest BCUT2D eigenvalue weighted by molar-refractivity contribution is -0.127. The van der Waals surface area contributed by atoms with Crippen LogP contribution in [-0.2, 0) is 9.53 Å². The maximum atomic E-state index is 12.2. The van der Waals surface area contributed by atoms with Crippen molar-refractivity contribution >= 4 is 11.6 Å². The molecule has 2 unspecified atom stereocenters. The maximum absolute atomic E-state index is 12.2. The summed E-state index contributed by atoms with van der Waals surface area (Å²) in [5.74, 6) is 0.464. The van der Waals surface area contributed by atoms with E-state index in [9.17, 15) is 4.79 Å². The highest BCUT2D eigenvalue weighted by molar-refractivity contribution is 5.86. The van der Waals surface area contributed by atoms with Crippen LogP contribution in [0.2, 0.25) is 0 Å². The SMILES string of the molecule is CC(NC(=O)C1(N)CCOC1)c1nnc2ccccn12. The summed E-state index contributed by atoms with van der Waals surface area (Å²) in [5, 5.41) is 11.1. The largest absolute Gasteiger partial charge is 0.379 e. The Bertz CT molecular complexity index is 632. The van der Waals surface area contributed by atoms with E-state index in [1.165, 1.54) is 0 Å². The number of hydrogen-bond acceptors (Lipinski definition) is 5. The van der Waals surface area contributed by atoms with Gasteiger partial charge in [0.15, 0.2) is 11.5 Å². The molecule has 1 amide bonds. The molecule has 1 aliphatic rings. The van der Waals surface area contributed by atoms with E-state index >= 15 is 0 Å². The molecule has 7 heteroatoms. The molecule has 3 heterocycles. The molecule has 0 bridgehead atoms. The zero-order valence-corrected chi connectivity index (χ0v) is 11.2. The summed E-state index contributed by atoms with van der Waals surface area (Å²) in [4.78, 5) is 12.2. The van der Waals surface area contributed by atoms with Gasteiger partial charge >= 0.3 is 0 Å². The third kappa shape index (κ3) is 2.14. The van der Waals surface area contributed by atoms with Gasteiger partial charge in [0, 0.05) is 12.8 Å². The second-order valence-corrected chi connectivity index (χ2v) is 5.14. The number of nitrogens with two attached hydrogens (primary N) is 1. The van der Waals surface area contributed by atoms with Crippen molar-refractivity contribution in [1.29, 1.82) is 0 Å². The topological polar surface area (TPSA) is 94.5 Å². The number of rotatable bonds is 3. The number of fused-ring (bicyclic) bond motifs is 1. The van der Waals surface area contributed by atoms with Gasteiger partial charge in [-0.25, -0.2) is 0 Å². The van der Waals surface area contributed by atoms with E-state index in [-0.39, 0.29) is 18.6 Å². The molecule has 3 N–H and O–H groups in total. The first-order chi connectivity index (χ1) is 9.60. The number of carbonyl (C=O) groups excluding carboxylic acids is 1. The summed E-state index contributed by atoms with van der Waals surface area (Å²) in [5.41, 5.74) is 5.85. The molecule has 1 fully saturated rings. The second kappa shape index (κ2) is 4.84. The second-order valence-electron chi connectivity index (χ2n) is 5.14. The highest BCUT2D eigenvalue weighted by Gasteiger charge is 2.39. The van der Waals surface area contributed by atoms with Crippen LogP contribution in [0.25, 0.3) is 5.65 Å². The Labute approximate surface area is 116 Å². The summed E-state index contributed by atoms with van der Waals surface area (Å²) in [6, 6.07) is 5.37. The lowest BCUT2D eigenvalue weighted by Gasteiger charge is -2.23. The summed E-state index contributed by atoms with van der Waals surface area (Å²) in [7, 11) is 0. The van der Waals surface area contributed by atoms with Gasteiger partial charge in [0.05, 0.1) is 12.6 Å². The van der Waals surface area contributed by atoms with Crippen molar-refractivity contribution in [3.63, 3.8) is 0 Å². The Morgan fingerprint density at radius 1 is 1.55 bits per heavy atom. The number of aromatic nitrogens is 3. The minimum atomic E-state index is -0.936. The van der Waals surface area contributed by atoms with Crippen LogP contribution in [0, 0.1) is 0 Å². The molecule has 20 heavy (non-hydrogen) atoms. The van der Waals surface area contributed by atoms with Crippen molar-refractivity contribution < 1.29 is 9.53 Å². The summed E-state index contributed by atoms with van der Waals surface area (Å²) in [6.07, 6.45) is 2.40. The zero-order valence-electron chi connectivity index (χ0n) is 11.2. The quantitative estimate of drug-likeness (QED) is 0.823. The summed E-state index contributed by atoms with van der Waals surface area (Å²) >= 11 is 0. The molecule has 1 saturated heterocycles. The molecule has 0 radical (unpaired) electrons. The fraction of sp³-hybridized carbons (Fsp3) is 0.462. The van der Waals surface area contributed by atoms with E-state index in [1.54, 1.807) is 0 Å². The number of nitrogens with zero attached hydrogens (tertiary/aromatic N) is 3. The third-order valence-corrected chi connectivity index (χ3v) is 3.58. The van der Waals surface area contributed by atoms with Crippen molar-refractivity contribution in [3.05, 3.63) is 30.2 Å². The van der Waals surface area contributed by atoms with Crippen LogP contribution in [0.4, 0.5) is 0 Å². The van der Waals surface area contributed by atoms with Crippen molar-refractivity contribution in [3.8, 4) is 0 Å². The lowest BCUT2D eigenvalue weighted by Crippen LogP contribution is -2.55. The molecule has 2 aromatic rings. The van der Waals surface area contributed by atoms with Gasteiger partial charge < -0.3 is 15.8 Å². The van der Waals surface area contributed by atoms with E-state index in [4.69, 9.17) is 10.5 Å². The monoisotopic (exact) mass is 275 g/mol. The van der Waals surface area contributed by atoms with Gasteiger partial charge in [-0.2, -0.15) is 0 Å². The maximum Gasteiger partial charge on any atom is 0.243 e. The molecule has 0 spiro atoms. The highest BCUT2D eigenvalue weighted by Crippen LogP contribution is 2.18. The molecular weight excluding hydrogens is 258 g/mol. The number of pyridine rings is 1. The number of hydrogen-bond donors (Lipinski definition) is 2. The Balaban J connectivity index is 1.79. The van der Waals surface area contributed by atoms with E-state index in [0.29, 0.717) is 18.9 Å². The first-order valence-electron chi connectivity index (χ1n) is 6.57. The molecule has 106 valence electrons. The smallest absolute Gasteiger partial charge is 0.243 e. The molecule has 3 rings (SSSR count). The van der Waals surface area contributed by atoms with Crippen LogP contribution in [0.3, 0.4) is 0 Å². The molecule has 7 nitrogen and oxygen atoms in total. The third-order valence-electron chi connectivity index (χ3n) is 3.58. The van der Waals surface area contributed by atoms with Crippen molar-refractivity contribution in [2.24, 2.45) is 5.73 Å². The van der Waals surface area contributed by atoms with Gasteiger partial charge in [0.1, 0.15) is 5.54 Å². The van der Waals surface area contributed by atoms with E-state index in [0.717, 1.165) is 5.65 Å². The normalized spacial score (nSPS) is 23.9. The van der Waals surface area contributed by atoms with Crippen LogP contribution in [0.1, 0.15) is 25.2 Å². The van der Waals surface area contributed by atoms with Crippen LogP contribution in [0.15, 0.2) is 24.4 Å². The summed E-state index contributed by atoms with van der Waals surface area (Å²) < 4.78 is 7.05. The minimum absolute atomic E-state index is 0.213. The Hall–Kier alpha value is -1.99. The fourth-order valence-electron chi connectivity index (χ4n) is 2.32. The fourth-order valence-corrected chi connectivity index (χ4v) is 2.32. The van der Waals surface area contributed by atoms with Gasteiger partial charge in [0.25, 0.3) is 0 Å². The van der Waals surface area contributed by atoms with Crippen LogP contribution < -0.4 is 11.1 Å². The van der Waals surface area contributed by atoms with Crippen molar-refractivity contribution in [2.45, 2.75) is 24.9 Å². The number of amides is 1. The van der Waals surface area contributed by atoms with E-state index < -0.39 is 5.54 Å². The van der Waals surface area contributed by atoms with Gasteiger partial charge in [0.2, 0.25) is 5.91 Å². The first-order valence-corrected chi connectivity index (χ1v) is 6.57. The molecule has 0 aromatic carbocycles. The number of ether oxygens (including phenoxy) is 1. The van der Waals surface area contributed by atoms with Crippen LogP contribution >= 0.6 is 0 Å². The minimum Gasteiger partial charge on any atom is -0.379 e. The van der Waals surface area contributed by atoms with Crippen molar-refractivity contribution in [1.82, 2.24) is 19.9 Å². The summed E-state index contributed by atoms with van der Waals surface area (Å²) in [6.45, 7) is 2.64. The van der Waals surface area contributed by atoms with Crippen LogP contribution in [-0.4, -0.2) is 39.3 Å². The molecule has 2 atom stereocenters. The zero-order chi connectivity index (χ0) is 14.2. The van der Waals surface area contributed by atoms with Crippen molar-refractivity contribution in [2.75, 3.05) is 13.2 Å². The standard InChI is InChI=1S/C13H17N5O2/c1-9(15-12(19)13(14)5-7-20-8-13)11-17-16-10-4-2-3-6-18(10)11/h2-4,6,9H,5,7-8,14H2,1H3,(H,15,19). The Morgan fingerprint density at radius 2 is 2.40 bits per heavy atom. The van der Waals surface area contributed by atoms with Gasteiger partial charge in [-0.05, 0) is 25.5 Å². The number of nitrogens with one attached hydrogen (secondary N) is 1. The van der Waals surface area contributed by atoms with Gasteiger partial charge in [-0.3, -0.25) is 9.20 Å². The molecule has 1 aliphatic heterocycles. The Morgan fingerprint density at radius 3 is 3.15 bits per heavy atom. The molecule has 2 aromatic heterocycles. The first kappa shape index (κ1) is 13.0. The average Bonchev–Trinajstić information content (AvgIpc) is 3.05. The average molecular weight is 275 g/mol. The van der Waals surface area contributed by atoms with E-state index in [2.05, 4.69) is 15.5 Å². The predicted octanol–water partition coefficient (Wildman–Crippen LogP) is 0.0243. The molecule has 0 aliphatic carbocycles. The van der Waals surface area contributed by atoms with Gasteiger partial charge in [-0.15, -0.1) is 10.2 Å². The molecule has 0 saturated carbocycles. The lowest BCUT2D eigenvalue weighted by atomic mass is 9.99. The Kier molecular flexibility index (Phi) is 3.15. The highest BCUT2D eigenvalue weighted by atomic mass is 16.5. The van der Waals surface area contributed by atoms with Gasteiger partial charge in [-0.1, -0.05) is 6.07 Å².